The highest BCUT2D eigenvalue weighted by Gasteiger charge is 2.39. The van der Waals surface area contributed by atoms with Crippen LogP contribution in [0.1, 0.15) is 53.2 Å². The molecule has 228 valence electrons. The maximum absolute atomic E-state index is 14.9. The zero-order valence-corrected chi connectivity index (χ0v) is 23.4. The molecule has 0 amide bonds. The van der Waals surface area contributed by atoms with Gasteiger partial charge in [-0.2, -0.15) is 4.98 Å². The van der Waals surface area contributed by atoms with E-state index in [9.17, 15) is 23.6 Å². The second-order valence-corrected chi connectivity index (χ2v) is 10.2. The first-order valence-corrected chi connectivity index (χ1v) is 13.4. The molecule has 2 aromatic heterocycles. The van der Waals surface area contributed by atoms with E-state index in [1.165, 1.54) is 10.9 Å². The Balaban J connectivity index is 1.67. The number of esters is 3. The average Bonchev–Trinajstić information content (AvgIpc) is 3.54. The van der Waals surface area contributed by atoms with Gasteiger partial charge in [0.25, 0.3) is 5.56 Å². The fourth-order valence-electron chi connectivity index (χ4n) is 4.02. The van der Waals surface area contributed by atoms with Gasteiger partial charge < -0.3 is 36.1 Å². The second-order valence-electron chi connectivity index (χ2n) is 10.2. The zero-order chi connectivity index (χ0) is 30.4. The first kappa shape index (κ1) is 31.9. The van der Waals surface area contributed by atoms with Gasteiger partial charge in [-0.3, -0.25) is 23.9 Å². The van der Waals surface area contributed by atoms with Crippen LogP contribution in [0.4, 0.5) is 10.3 Å². The van der Waals surface area contributed by atoms with Gasteiger partial charge in [0.2, 0.25) is 12.1 Å². The first-order valence-electron chi connectivity index (χ1n) is 13.4. The monoisotopic (exact) mass is 583 g/mol. The SMILES string of the molecule is CC[C@@H](C)[C@H](N)C(=O)OCC(OC(=O)[C@@H](N)[C@H](C)CC)C(=O)OCC1OC(n2cnc3c(=O)[nH]c(N)nc32)CC1F. The summed E-state index contributed by atoms with van der Waals surface area (Å²) in [5.41, 5.74) is 17.0. The predicted molar refractivity (Wildman–Crippen MR) is 143 cm³/mol. The minimum atomic E-state index is -1.67. The lowest BCUT2D eigenvalue weighted by molar-refractivity contribution is -0.178. The summed E-state index contributed by atoms with van der Waals surface area (Å²) in [6, 6.07) is -1.99. The van der Waals surface area contributed by atoms with Crippen LogP contribution in [0, 0.1) is 11.8 Å². The van der Waals surface area contributed by atoms with Gasteiger partial charge in [-0.25, -0.2) is 14.2 Å². The zero-order valence-electron chi connectivity index (χ0n) is 23.4. The van der Waals surface area contributed by atoms with Gasteiger partial charge in [-0.15, -0.1) is 0 Å². The summed E-state index contributed by atoms with van der Waals surface area (Å²) in [7, 11) is 0. The Morgan fingerprint density at radius 1 is 1.12 bits per heavy atom. The van der Waals surface area contributed by atoms with Gasteiger partial charge in [0.05, 0.1) is 6.33 Å². The Morgan fingerprint density at radius 3 is 2.39 bits per heavy atom. The van der Waals surface area contributed by atoms with E-state index >= 15 is 0 Å². The molecule has 3 heterocycles. The van der Waals surface area contributed by atoms with E-state index in [4.69, 9.17) is 36.1 Å². The number of carbonyl (C=O) groups excluding carboxylic acids is 3. The number of nitrogens with zero attached hydrogens (tertiary/aromatic N) is 3. The van der Waals surface area contributed by atoms with E-state index in [0.717, 1.165) is 0 Å². The van der Waals surface area contributed by atoms with Crippen LogP contribution in [-0.2, 0) is 33.3 Å². The summed E-state index contributed by atoms with van der Waals surface area (Å²) in [6.07, 6.45) is -3.07. The number of fused-ring (bicyclic) bond motifs is 1. The molecule has 15 nitrogen and oxygen atoms in total. The number of imidazole rings is 1. The van der Waals surface area contributed by atoms with Gasteiger partial charge in [0, 0.05) is 6.42 Å². The van der Waals surface area contributed by atoms with Gasteiger partial charge in [0.1, 0.15) is 43.8 Å². The number of nitrogens with two attached hydrogens (primary N) is 3. The highest BCUT2D eigenvalue weighted by molar-refractivity contribution is 5.82. The lowest BCUT2D eigenvalue weighted by atomic mass is 10.0. The van der Waals surface area contributed by atoms with E-state index in [1.54, 1.807) is 13.8 Å². The molecule has 0 spiro atoms. The van der Waals surface area contributed by atoms with E-state index < -0.39 is 73.4 Å². The third kappa shape index (κ3) is 7.56. The summed E-state index contributed by atoms with van der Waals surface area (Å²) >= 11 is 0. The van der Waals surface area contributed by atoms with Crippen LogP contribution >= 0.6 is 0 Å². The number of aromatic nitrogens is 4. The van der Waals surface area contributed by atoms with Gasteiger partial charge in [0.15, 0.2) is 11.2 Å². The number of ether oxygens (including phenoxy) is 4. The molecule has 41 heavy (non-hydrogen) atoms. The lowest BCUT2D eigenvalue weighted by Gasteiger charge is -2.23. The maximum atomic E-state index is 14.9. The highest BCUT2D eigenvalue weighted by Crippen LogP contribution is 2.32. The van der Waals surface area contributed by atoms with Gasteiger partial charge >= 0.3 is 17.9 Å². The van der Waals surface area contributed by atoms with Crippen molar-refractivity contribution < 1.29 is 37.7 Å². The van der Waals surface area contributed by atoms with E-state index in [1.807, 2.05) is 13.8 Å². The number of carbonyl (C=O) groups is 3. The number of rotatable bonds is 13. The molecule has 8 atom stereocenters. The predicted octanol–water partition coefficient (Wildman–Crippen LogP) is 0.0724. The van der Waals surface area contributed by atoms with E-state index in [-0.39, 0.29) is 35.4 Å². The third-order valence-electron chi connectivity index (χ3n) is 7.27. The highest BCUT2D eigenvalue weighted by atomic mass is 19.1. The largest absolute Gasteiger partial charge is 0.460 e. The Kier molecular flexibility index (Phi) is 10.8. The number of anilines is 1. The van der Waals surface area contributed by atoms with E-state index in [0.29, 0.717) is 12.8 Å². The minimum absolute atomic E-state index is 0.00376. The number of H-pyrrole nitrogens is 1. The van der Waals surface area contributed by atoms with Crippen LogP contribution in [0.25, 0.3) is 11.2 Å². The van der Waals surface area contributed by atoms with E-state index in [2.05, 4.69) is 15.0 Å². The van der Waals surface area contributed by atoms with Crippen LogP contribution in [0.15, 0.2) is 11.1 Å². The van der Waals surface area contributed by atoms with Crippen LogP contribution < -0.4 is 22.8 Å². The maximum Gasteiger partial charge on any atom is 0.351 e. The first-order chi connectivity index (χ1) is 19.4. The molecule has 1 aliphatic heterocycles. The Bertz CT molecular complexity index is 1290. The standard InChI is InChI=1S/C25H38FN7O8/c1-5-11(3)17(27)23(36)39-9-15(41-24(37)18(28)12(4)6-2)22(35)38-8-14-13(26)7-16(40-14)33-10-30-19-20(33)31-25(29)32-21(19)34/h10-18H,5-9,27-28H2,1-4H3,(H3,29,31,32,34)/t11-,12-,13?,14?,15?,16?,17+,18+/m1/s1. The fourth-order valence-corrected chi connectivity index (χ4v) is 4.02. The molecule has 3 rings (SSSR count). The topological polar surface area (TPSA) is 230 Å². The molecule has 4 unspecified atom stereocenters. The number of hydrogen-bond donors (Lipinski definition) is 4. The van der Waals surface area contributed by atoms with Gasteiger partial charge in [-0.05, 0) is 11.8 Å². The van der Waals surface area contributed by atoms with Crippen molar-refractivity contribution in [2.24, 2.45) is 23.3 Å². The van der Waals surface area contributed by atoms with Crippen LogP contribution in [0.5, 0.6) is 0 Å². The summed E-state index contributed by atoms with van der Waals surface area (Å²) in [6.45, 7) is 5.97. The summed E-state index contributed by atoms with van der Waals surface area (Å²) in [5, 5.41) is 0. The number of nitrogens with one attached hydrogen (secondary N) is 1. The number of hydrogen-bond acceptors (Lipinski definition) is 13. The molecule has 2 aromatic rings. The smallest absolute Gasteiger partial charge is 0.351 e. The molecule has 0 aromatic carbocycles. The van der Waals surface area contributed by atoms with Crippen molar-refractivity contribution in [1.29, 1.82) is 0 Å². The van der Waals surface area contributed by atoms with Crippen molar-refractivity contribution in [1.82, 2.24) is 19.5 Å². The molecule has 1 saturated heterocycles. The van der Waals surface area contributed by atoms with Crippen LogP contribution in [0.3, 0.4) is 0 Å². The normalized spacial score (nSPS) is 22.5. The van der Waals surface area contributed by atoms with Crippen molar-refractivity contribution in [3.8, 4) is 0 Å². The Labute approximate surface area is 235 Å². The number of alkyl halides is 1. The molecular weight excluding hydrogens is 545 g/mol. The molecule has 7 N–H and O–H groups in total. The summed E-state index contributed by atoms with van der Waals surface area (Å²) in [5.74, 6) is -3.36. The average molecular weight is 584 g/mol. The van der Waals surface area contributed by atoms with Crippen molar-refractivity contribution in [3.63, 3.8) is 0 Å². The van der Waals surface area contributed by atoms with Crippen LogP contribution in [-0.4, -0.2) is 81.1 Å². The third-order valence-corrected chi connectivity index (χ3v) is 7.27. The molecular formula is C25H38FN7O8. The van der Waals surface area contributed by atoms with Gasteiger partial charge in [-0.1, -0.05) is 40.5 Å². The second kappa shape index (κ2) is 13.8. The summed E-state index contributed by atoms with van der Waals surface area (Å²) in [4.78, 5) is 60.2. The van der Waals surface area contributed by atoms with Crippen molar-refractivity contribution in [3.05, 3.63) is 16.7 Å². The molecule has 1 fully saturated rings. The molecule has 0 radical (unpaired) electrons. The van der Waals surface area contributed by atoms with Crippen molar-refractivity contribution >= 4 is 35.0 Å². The van der Waals surface area contributed by atoms with Crippen molar-refractivity contribution in [2.45, 2.75) is 83.6 Å². The Morgan fingerprint density at radius 2 is 1.76 bits per heavy atom. The number of nitrogen functional groups attached to an aromatic ring is 1. The fraction of sp³-hybridized carbons (Fsp3) is 0.680. The molecule has 16 heteroatoms. The lowest BCUT2D eigenvalue weighted by Crippen LogP contribution is -2.45. The molecule has 0 aliphatic carbocycles. The Hall–Kier alpha value is -3.63. The number of aromatic amines is 1. The van der Waals surface area contributed by atoms with Crippen molar-refractivity contribution in [2.75, 3.05) is 18.9 Å². The molecule has 0 saturated carbocycles. The van der Waals surface area contributed by atoms with Crippen LogP contribution in [0.2, 0.25) is 0 Å². The minimum Gasteiger partial charge on any atom is -0.460 e. The molecule has 0 bridgehead atoms. The number of halogens is 1. The molecule has 1 aliphatic rings. The quantitative estimate of drug-likeness (QED) is 0.181. The summed E-state index contributed by atoms with van der Waals surface area (Å²) < 4.78 is 37.6.